The molecule has 1 N–H and O–H groups in total. The second-order valence-electron chi connectivity index (χ2n) is 7.18. The summed E-state index contributed by atoms with van der Waals surface area (Å²) in [5.41, 5.74) is 1.75. The number of carbonyl (C=O) groups is 2. The van der Waals surface area contributed by atoms with Crippen LogP contribution in [0, 0.1) is 5.92 Å². The lowest BCUT2D eigenvalue weighted by molar-refractivity contribution is -0.134. The molecule has 27 heavy (non-hydrogen) atoms. The molecule has 0 aliphatic carbocycles. The summed E-state index contributed by atoms with van der Waals surface area (Å²) < 4.78 is 0. The minimum absolute atomic E-state index is 0.0258. The number of hydrogen-bond donors (Lipinski definition) is 1. The highest BCUT2D eigenvalue weighted by molar-refractivity contribution is 7.99. The third-order valence-electron chi connectivity index (χ3n) is 5.18. The molecule has 0 aromatic heterocycles. The number of rotatable bonds is 5. The van der Waals surface area contributed by atoms with Crippen LogP contribution in [-0.4, -0.2) is 54.4 Å². The summed E-state index contributed by atoms with van der Waals surface area (Å²) in [6.45, 7) is 5.28. The van der Waals surface area contributed by atoms with E-state index in [9.17, 15) is 9.59 Å². The van der Waals surface area contributed by atoms with Crippen molar-refractivity contribution in [1.29, 1.82) is 0 Å². The van der Waals surface area contributed by atoms with E-state index >= 15 is 0 Å². The van der Waals surface area contributed by atoms with Crippen molar-refractivity contribution in [2.24, 2.45) is 5.92 Å². The summed E-state index contributed by atoms with van der Waals surface area (Å²) in [7, 11) is 0. The lowest BCUT2D eigenvalue weighted by atomic mass is 9.96. The van der Waals surface area contributed by atoms with Gasteiger partial charge in [-0.25, -0.2) is 0 Å². The molecule has 3 rings (SSSR count). The first-order chi connectivity index (χ1) is 13.1. The zero-order valence-electron chi connectivity index (χ0n) is 15.9. The summed E-state index contributed by atoms with van der Waals surface area (Å²) in [5, 5.41) is 3.66. The third kappa shape index (κ3) is 5.32. The second kappa shape index (κ2) is 9.69. The number of carbonyl (C=O) groups excluding carboxylic acids is 2. The van der Waals surface area contributed by atoms with Crippen LogP contribution in [0.5, 0.6) is 0 Å². The van der Waals surface area contributed by atoms with Crippen molar-refractivity contribution in [3.8, 4) is 0 Å². The van der Waals surface area contributed by atoms with Crippen molar-refractivity contribution in [2.75, 3.05) is 47.9 Å². The molecule has 2 saturated heterocycles. The average molecular weight is 410 g/mol. The van der Waals surface area contributed by atoms with E-state index in [1.165, 1.54) is 0 Å². The van der Waals surface area contributed by atoms with Crippen LogP contribution in [0.25, 0.3) is 0 Å². The fraction of sp³-hybridized carbons (Fsp3) is 0.600. The Hall–Kier alpha value is -1.40. The molecular weight excluding hydrogens is 382 g/mol. The number of nitrogens with zero attached hydrogens (tertiary/aromatic N) is 2. The largest absolute Gasteiger partial charge is 0.369 e. The number of hydrogen-bond acceptors (Lipinski definition) is 4. The quantitative estimate of drug-likeness (QED) is 0.802. The van der Waals surface area contributed by atoms with Crippen LogP contribution in [0.15, 0.2) is 18.2 Å². The maximum atomic E-state index is 12.7. The molecule has 1 aromatic rings. The Balaban J connectivity index is 1.60. The first-order valence-corrected chi connectivity index (χ1v) is 11.3. The molecule has 0 bridgehead atoms. The molecule has 1 aromatic carbocycles. The van der Waals surface area contributed by atoms with E-state index in [2.05, 4.69) is 10.2 Å². The van der Waals surface area contributed by atoms with Crippen molar-refractivity contribution in [1.82, 2.24) is 4.90 Å². The molecule has 7 heteroatoms. The molecule has 0 spiro atoms. The van der Waals surface area contributed by atoms with Gasteiger partial charge in [0, 0.05) is 49.8 Å². The zero-order valence-corrected chi connectivity index (χ0v) is 17.5. The maximum absolute atomic E-state index is 12.7. The minimum Gasteiger partial charge on any atom is -0.369 e. The molecule has 1 atom stereocenters. The van der Waals surface area contributed by atoms with Gasteiger partial charge in [-0.2, -0.15) is 11.8 Å². The normalized spacial score (nSPS) is 20.4. The van der Waals surface area contributed by atoms with Crippen LogP contribution in [0.2, 0.25) is 5.02 Å². The number of benzene rings is 1. The van der Waals surface area contributed by atoms with Gasteiger partial charge in [-0.1, -0.05) is 18.5 Å². The number of likely N-dealkylation sites (tertiary alicyclic amines) is 1. The van der Waals surface area contributed by atoms with Gasteiger partial charge in [0.25, 0.3) is 0 Å². The predicted molar refractivity (Wildman–Crippen MR) is 114 cm³/mol. The Morgan fingerprint density at radius 1 is 1.26 bits per heavy atom. The van der Waals surface area contributed by atoms with Crippen LogP contribution in [0.4, 0.5) is 11.4 Å². The fourth-order valence-corrected chi connectivity index (χ4v) is 4.88. The highest BCUT2D eigenvalue weighted by atomic mass is 35.5. The number of halogens is 1. The number of amides is 2. The second-order valence-corrected chi connectivity index (χ2v) is 8.82. The van der Waals surface area contributed by atoms with Crippen molar-refractivity contribution in [2.45, 2.75) is 32.6 Å². The molecule has 2 aliphatic rings. The monoisotopic (exact) mass is 409 g/mol. The zero-order chi connectivity index (χ0) is 19.2. The molecule has 2 heterocycles. The molecule has 148 valence electrons. The summed E-state index contributed by atoms with van der Waals surface area (Å²) in [6.07, 6.45) is 3.09. The van der Waals surface area contributed by atoms with Gasteiger partial charge in [0.1, 0.15) is 0 Å². The van der Waals surface area contributed by atoms with Gasteiger partial charge in [0.15, 0.2) is 0 Å². The van der Waals surface area contributed by atoms with E-state index in [1.807, 2.05) is 41.8 Å². The first kappa shape index (κ1) is 20.3. The van der Waals surface area contributed by atoms with Crippen LogP contribution >= 0.6 is 23.4 Å². The van der Waals surface area contributed by atoms with Gasteiger partial charge in [-0.05, 0) is 37.5 Å². The molecular formula is C20H28ClN3O2S. The maximum Gasteiger partial charge on any atom is 0.229 e. The highest BCUT2D eigenvalue weighted by Gasteiger charge is 2.28. The molecule has 0 radical (unpaired) electrons. The number of nitrogens with one attached hydrogen (secondary N) is 1. The van der Waals surface area contributed by atoms with Gasteiger partial charge in [0.2, 0.25) is 11.8 Å². The van der Waals surface area contributed by atoms with E-state index in [-0.39, 0.29) is 17.7 Å². The van der Waals surface area contributed by atoms with E-state index < -0.39 is 0 Å². The summed E-state index contributed by atoms with van der Waals surface area (Å²) in [6, 6.07) is 5.74. The molecule has 0 saturated carbocycles. The molecule has 1 unspecified atom stereocenters. The fourth-order valence-electron chi connectivity index (χ4n) is 3.68. The van der Waals surface area contributed by atoms with Crippen LogP contribution in [0.3, 0.4) is 0 Å². The highest BCUT2D eigenvalue weighted by Crippen LogP contribution is 2.31. The predicted octanol–water partition coefficient (Wildman–Crippen LogP) is 3.87. The van der Waals surface area contributed by atoms with Crippen molar-refractivity contribution in [3.63, 3.8) is 0 Å². The van der Waals surface area contributed by atoms with Crippen molar-refractivity contribution >= 4 is 46.6 Å². The Morgan fingerprint density at radius 3 is 2.74 bits per heavy atom. The van der Waals surface area contributed by atoms with E-state index in [4.69, 9.17) is 11.6 Å². The van der Waals surface area contributed by atoms with Crippen LogP contribution < -0.4 is 10.2 Å². The first-order valence-electron chi connectivity index (χ1n) is 9.79. The van der Waals surface area contributed by atoms with E-state index in [0.29, 0.717) is 18.0 Å². The van der Waals surface area contributed by atoms with Gasteiger partial charge in [0.05, 0.1) is 16.6 Å². The van der Waals surface area contributed by atoms with Crippen LogP contribution in [0.1, 0.15) is 32.6 Å². The Kier molecular flexibility index (Phi) is 7.30. The van der Waals surface area contributed by atoms with Crippen molar-refractivity contribution in [3.05, 3.63) is 23.2 Å². The van der Waals surface area contributed by atoms with Gasteiger partial charge in [-0.3, -0.25) is 9.59 Å². The Morgan fingerprint density at radius 2 is 2.04 bits per heavy atom. The SMILES string of the molecule is CCCC(=O)N1CCCC(C(=O)Nc2ccc(N3CCSCC3)c(Cl)c2)C1. The van der Waals surface area contributed by atoms with Crippen molar-refractivity contribution < 1.29 is 9.59 Å². The topological polar surface area (TPSA) is 52.7 Å². The smallest absolute Gasteiger partial charge is 0.229 e. The molecule has 5 nitrogen and oxygen atoms in total. The summed E-state index contributed by atoms with van der Waals surface area (Å²) >= 11 is 8.44. The average Bonchev–Trinajstić information content (AvgIpc) is 2.69. The molecule has 2 fully saturated rings. The standard InChI is InChI=1S/C20H28ClN3O2S/c1-2-4-19(25)24-8-3-5-15(14-24)20(26)22-16-6-7-18(17(21)13-16)23-9-11-27-12-10-23/h6-7,13,15H,2-5,8-12,14H2,1H3,(H,22,26). The van der Waals surface area contributed by atoms with Crippen LogP contribution in [-0.2, 0) is 9.59 Å². The number of thioether (sulfide) groups is 1. The lowest BCUT2D eigenvalue weighted by Gasteiger charge is -2.32. The third-order valence-corrected chi connectivity index (χ3v) is 6.42. The number of piperidine rings is 1. The summed E-state index contributed by atoms with van der Waals surface area (Å²) in [4.78, 5) is 28.9. The Bertz CT molecular complexity index is 679. The van der Waals surface area contributed by atoms with E-state index in [1.54, 1.807) is 0 Å². The van der Waals surface area contributed by atoms with Gasteiger partial charge in [-0.15, -0.1) is 0 Å². The van der Waals surface area contributed by atoms with Gasteiger partial charge >= 0.3 is 0 Å². The Labute approximate surface area is 170 Å². The number of anilines is 2. The molecule has 2 aliphatic heterocycles. The van der Waals surface area contributed by atoms with Gasteiger partial charge < -0.3 is 15.1 Å². The molecule has 2 amide bonds. The van der Waals surface area contributed by atoms with E-state index in [0.717, 1.165) is 61.8 Å². The minimum atomic E-state index is -0.155. The summed E-state index contributed by atoms with van der Waals surface area (Å²) in [5.74, 6) is 2.20. The lowest BCUT2D eigenvalue weighted by Crippen LogP contribution is -2.43.